The lowest BCUT2D eigenvalue weighted by atomic mass is 9.84. The first kappa shape index (κ1) is 42.1. The Kier molecular flexibility index (Phi) is 9.68. The lowest BCUT2D eigenvalue weighted by molar-refractivity contribution is 1.63. The molecule has 74 heavy (non-hydrogen) atoms. The van der Waals surface area contributed by atoms with Gasteiger partial charge < -0.3 is 0 Å². The third-order valence-electron chi connectivity index (χ3n) is 15.8. The molecule has 0 heterocycles. The third kappa shape index (κ3) is 6.77. The van der Waals surface area contributed by atoms with Gasteiger partial charge in [-0.1, -0.05) is 255 Å². The van der Waals surface area contributed by atoms with Crippen molar-refractivity contribution in [3.63, 3.8) is 0 Å². The molecule has 0 heteroatoms. The van der Waals surface area contributed by atoms with E-state index in [9.17, 15) is 0 Å². The van der Waals surface area contributed by atoms with E-state index >= 15 is 0 Å². The Morgan fingerprint density at radius 1 is 0.135 bits per heavy atom. The summed E-state index contributed by atoms with van der Waals surface area (Å²) in [6.07, 6.45) is 0. The van der Waals surface area contributed by atoms with Crippen LogP contribution >= 0.6 is 0 Å². The molecular weight excluding hydrogens is 889 g/mol. The molecule has 0 aliphatic heterocycles. The van der Waals surface area contributed by atoms with Crippen LogP contribution in [0.15, 0.2) is 279 Å². The van der Waals surface area contributed by atoms with Crippen LogP contribution in [0.4, 0.5) is 0 Å². The molecule has 0 amide bonds. The second-order valence-corrected chi connectivity index (χ2v) is 19.9. The molecule has 0 spiro atoms. The average Bonchev–Trinajstić information content (AvgIpc) is 3.48. The van der Waals surface area contributed by atoms with E-state index in [1.54, 1.807) is 0 Å². The van der Waals surface area contributed by atoms with Gasteiger partial charge in [-0.3, -0.25) is 0 Å². The molecule has 0 saturated carbocycles. The van der Waals surface area contributed by atoms with Gasteiger partial charge in [0.25, 0.3) is 0 Å². The van der Waals surface area contributed by atoms with Crippen molar-refractivity contribution in [3.8, 4) is 66.8 Å². The van der Waals surface area contributed by atoms with Crippen molar-refractivity contribution in [2.24, 2.45) is 0 Å². The minimum atomic E-state index is 1.21. The number of fused-ring (bicyclic) bond motifs is 8. The zero-order valence-corrected chi connectivity index (χ0v) is 40.6. The first-order valence-electron chi connectivity index (χ1n) is 25.7. The molecule has 0 aliphatic rings. The number of rotatable bonds is 6. The zero-order valence-electron chi connectivity index (χ0n) is 40.6. The van der Waals surface area contributed by atoms with Crippen LogP contribution < -0.4 is 0 Å². The van der Waals surface area contributed by atoms with Gasteiger partial charge in [0, 0.05) is 0 Å². The average molecular weight is 935 g/mol. The van der Waals surface area contributed by atoms with Gasteiger partial charge in [0.1, 0.15) is 0 Å². The molecule has 0 fully saturated rings. The van der Waals surface area contributed by atoms with Crippen molar-refractivity contribution in [1.82, 2.24) is 0 Å². The molecule has 0 bridgehead atoms. The predicted octanol–water partition coefficient (Wildman–Crippen LogP) is 20.9. The molecule has 0 radical (unpaired) electrons. The molecule has 15 rings (SSSR count). The minimum Gasteiger partial charge on any atom is -0.0616 e. The SMILES string of the molecule is c1ccc2cc(-c3c4ccccc4c(-c4ccc(-c5cccc6cc(-c7ccc8c(-c9c%10ccccc%10c(-c%10ccc%11ccccc%11c%10)c%10ccccc9%10)cccc8c7)ccc56)cc4)c4ccccc34)ccc2c1. The predicted molar refractivity (Wildman–Crippen MR) is 319 cm³/mol. The molecule has 342 valence electrons. The van der Waals surface area contributed by atoms with Crippen LogP contribution in [0.5, 0.6) is 0 Å². The minimum absolute atomic E-state index is 1.21. The summed E-state index contributed by atoms with van der Waals surface area (Å²) >= 11 is 0. The highest BCUT2D eigenvalue weighted by Gasteiger charge is 2.20. The van der Waals surface area contributed by atoms with Gasteiger partial charge in [-0.2, -0.15) is 0 Å². The zero-order chi connectivity index (χ0) is 48.7. The molecule has 0 atom stereocenters. The van der Waals surface area contributed by atoms with Crippen molar-refractivity contribution >= 4 is 86.2 Å². The Morgan fingerprint density at radius 3 is 0.878 bits per heavy atom. The Morgan fingerprint density at radius 2 is 0.432 bits per heavy atom. The molecule has 0 aromatic heterocycles. The Balaban J connectivity index is 0.792. The smallest absolute Gasteiger partial charge is 0.00201 e. The van der Waals surface area contributed by atoms with Gasteiger partial charge in [0.15, 0.2) is 0 Å². The van der Waals surface area contributed by atoms with E-state index < -0.39 is 0 Å². The first-order valence-corrected chi connectivity index (χ1v) is 25.7. The van der Waals surface area contributed by atoms with E-state index in [0.29, 0.717) is 0 Å². The summed E-state index contributed by atoms with van der Waals surface area (Å²) in [6, 6.07) is 104. The quantitative estimate of drug-likeness (QED) is 0.146. The van der Waals surface area contributed by atoms with E-state index in [1.807, 2.05) is 0 Å². The molecule has 0 nitrogen and oxygen atoms in total. The Hall–Kier alpha value is -9.62. The van der Waals surface area contributed by atoms with Gasteiger partial charge in [-0.05, 0) is 177 Å². The van der Waals surface area contributed by atoms with Crippen LogP contribution in [0.25, 0.3) is 153 Å². The largest absolute Gasteiger partial charge is 0.0616 e. The van der Waals surface area contributed by atoms with E-state index in [-0.39, 0.29) is 0 Å². The molecular formula is C74H46. The van der Waals surface area contributed by atoms with Gasteiger partial charge in [-0.25, -0.2) is 0 Å². The van der Waals surface area contributed by atoms with Gasteiger partial charge in [0.05, 0.1) is 0 Å². The summed E-state index contributed by atoms with van der Waals surface area (Å²) < 4.78 is 0. The maximum Gasteiger partial charge on any atom is -0.00201 e. The fourth-order valence-corrected chi connectivity index (χ4v) is 12.4. The fraction of sp³-hybridized carbons (Fsp3) is 0. The van der Waals surface area contributed by atoms with Crippen molar-refractivity contribution in [3.05, 3.63) is 279 Å². The second kappa shape index (κ2) is 17.0. The maximum atomic E-state index is 2.37. The normalized spacial score (nSPS) is 11.8. The molecule has 15 aromatic carbocycles. The summed E-state index contributed by atoms with van der Waals surface area (Å²) in [5, 5.41) is 20.1. The first-order chi connectivity index (χ1) is 36.7. The molecule has 15 aromatic rings. The summed E-state index contributed by atoms with van der Waals surface area (Å²) in [6.45, 7) is 0. The summed E-state index contributed by atoms with van der Waals surface area (Å²) in [4.78, 5) is 0. The van der Waals surface area contributed by atoms with Crippen molar-refractivity contribution in [1.29, 1.82) is 0 Å². The van der Waals surface area contributed by atoms with Crippen molar-refractivity contribution in [2.45, 2.75) is 0 Å². The molecule has 0 unspecified atom stereocenters. The highest BCUT2D eigenvalue weighted by Crippen LogP contribution is 2.48. The highest BCUT2D eigenvalue weighted by molar-refractivity contribution is 6.25. The van der Waals surface area contributed by atoms with E-state index in [4.69, 9.17) is 0 Å². The van der Waals surface area contributed by atoms with E-state index in [2.05, 4.69) is 279 Å². The van der Waals surface area contributed by atoms with Crippen LogP contribution in [0.3, 0.4) is 0 Å². The van der Waals surface area contributed by atoms with Gasteiger partial charge in [0.2, 0.25) is 0 Å². The highest BCUT2D eigenvalue weighted by atomic mass is 14.2. The molecule has 0 saturated heterocycles. The van der Waals surface area contributed by atoms with Crippen LogP contribution in [0.2, 0.25) is 0 Å². The van der Waals surface area contributed by atoms with E-state index in [0.717, 1.165) is 0 Å². The molecule has 0 aliphatic carbocycles. The van der Waals surface area contributed by atoms with Gasteiger partial charge >= 0.3 is 0 Å². The lowest BCUT2D eigenvalue weighted by Crippen LogP contribution is -1.92. The third-order valence-corrected chi connectivity index (χ3v) is 15.8. The van der Waals surface area contributed by atoms with Crippen molar-refractivity contribution < 1.29 is 0 Å². The standard InChI is InChI=1S/C74H46/c1-3-17-51-45-57(37-31-47(51)15-1)72-65-23-7-5-21-63(65)71(64-22-6-8-24-66(64)72)50-35-33-49(34-36-50)59-29-13-19-55-43-53(39-41-60(55)59)54-40-42-61-56(44-54)20-14-30-62(61)74-69-27-11-9-25-67(69)73(68-26-10-12-28-70(68)74)58-38-32-48-16-2-4-18-52(48)46-58/h1-46H. The van der Waals surface area contributed by atoms with Crippen LogP contribution in [-0.2, 0) is 0 Å². The van der Waals surface area contributed by atoms with Gasteiger partial charge in [-0.15, -0.1) is 0 Å². The lowest BCUT2D eigenvalue weighted by Gasteiger charge is -2.19. The topological polar surface area (TPSA) is 0 Å². The summed E-state index contributed by atoms with van der Waals surface area (Å²) in [5.41, 5.74) is 14.9. The van der Waals surface area contributed by atoms with Crippen LogP contribution in [0, 0.1) is 0 Å². The Bertz CT molecular complexity index is 4650. The Labute approximate surface area is 429 Å². The summed E-state index contributed by atoms with van der Waals surface area (Å²) in [7, 11) is 0. The number of benzene rings is 15. The number of hydrogen-bond acceptors (Lipinski definition) is 0. The van der Waals surface area contributed by atoms with Crippen LogP contribution in [-0.4, -0.2) is 0 Å². The fourth-order valence-electron chi connectivity index (χ4n) is 12.4. The maximum absolute atomic E-state index is 2.37. The van der Waals surface area contributed by atoms with E-state index in [1.165, 1.54) is 153 Å². The van der Waals surface area contributed by atoms with Crippen LogP contribution in [0.1, 0.15) is 0 Å². The second-order valence-electron chi connectivity index (χ2n) is 19.9. The molecule has 0 N–H and O–H groups in total. The monoisotopic (exact) mass is 934 g/mol. The number of hydrogen-bond donors (Lipinski definition) is 0. The van der Waals surface area contributed by atoms with Crippen molar-refractivity contribution in [2.75, 3.05) is 0 Å². The summed E-state index contributed by atoms with van der Waals surface area (Å²) in [5.74, 6) is 0.